The van der Waals surface area contributed by atoms with E-state index in [2.05, 4.69) is 5.32 Å². The Balaban J connectivity index is 2.05. The highest BCUT2D eigenvalue weighted by atomic mass is 35.5. The van der Waals surface area contributed by atoms with E-state index in [1.165, 1.54) is 22.5 Å². The molecule has 1 heterocycles. The fourth-order valence-electron chi connectivity index (χ4n) is 2.97. The van der Waals surface area contributed by atoms with Gasteiger partial charge >= 0.3 is 0 Å². The minimum absolute atomic E-state index is 0.00938. The van der Waals surface area contributed by atoms with E-state index in [0.29, 0.717) is 19.7 Å². The summed E-state index contributed by atoms with van der Waals surface area (Å²) in [4.78, 5) is 12.5. The normalized spacial score (nSPS) is 18.8. The Morgan fingerprint density at radius 2 is 2.07 bits per heavy atom. The second-order valence-corrected chi connectivity index (χ2v) is 9.03. The molecule has 2 unspecified atom stereocenters. The quantitative estimate of drug-likeness (QED) is 0.647. The molecule has 2 atom stereocenters. The summed E-state index contributed by atoms with van der Waals surface area (Å²) in [6, 6.07) is 4.28. The number of nitrogens with zero attached hydrogens (tertiary/aromatic N) is 1. The van der Waals surface area contributed by atoms with Gasteiger partial charge in [-0.3, -0.25) is 4.79 Å². The molecule has 1 N–H and O–H groups in total. The van der Waals surface area contributed by atoms with E-state index in [9.17, 15) is 13.2 Å². The summed E-state index contributed by atoms with van der Waals surface area (Å²) in [5.41, 5.74) is 0.240. The highest BCUT2D eigenvalue weighted by molar-refractivity contribution is 7.89. The molecule has 1 aromatic carbocycles. The first kappa shape index (κ1) is 23.1. The minimum Gasteiger partial charge on any atom is -0.376 e. The minimum atomic E-state index is -3.65. The summed E-state index contributed by atoms with van der Waals surface area (Å²) in [5, 5.41) is 2.92. The maximum absolute atomic E-state index is 12.7. The Morgan fingerprint density at radius 1 is 1.36 bits per heavy atom. The lowest BCUT2D eigenvalue weighted by Gasteiger charge is -2.24. The molecule has 1 saturated heterocycles. The highest BCUT2D eigenvalue weighted by Crippen LogP contribution is 2.27. The van der Waals surface area contributed by atoms with Crippen molar-refractivity contribution in [2.75, 3.05) is 31.6 Å². The molecule has 1 aliphatic rings. The Kier molecular flexibility index (Phi) is 8.70. The number of rotatable bonds is 9. The van der Waals surface area contributed by atoms with Crippen LogP contribution in [0, 0.1) is 0 Å². The van der Waals surface area contributed by atoms with Crippen molar-refractivity contribution in [1.29, 1.82) is 0 Å². The third-order valence-electron chi connectivity index (χ3n) is 4.71. The second kappa shape index (κ2) is 10.5. The zero-order chi connectivity index (χ0) is 20.7. The molecule has 0 aliphatic carbocycles. The molecular formula is C19H29ClN2O5S. The molecule has 9 heteroatoms. The zero-order valence-corrected chi connectivity index (χ0v) is 18.2. The summed E-state index contributed by atoms with van der Waals surface area (Å²) in [5.74, 6) is -0.393. The third-order valence-corrected chi connectivity index (χ3v) is 7.09. The van der Waals surface area contributed by atoms with Crippen LogP contribution in [0.25, 0.3) is 0 Å². The first-order valence-corrected chi connectivity index (χ1v) is 11.4. The number of sulfonamides is 1. The van der Waals surface area contributed by atoms with Gasteiger partial charge in [-0.1, -0.05) is 25.4 Å². The summed E-state index contributed by atoms with van der Waals surface area (Å²) in [7, 11) is -3.65. The van der Waals surface area contributed by atoms with Crippen LogP contribution in [0.1, 0.15) is 40.0 Å². The molecule has 7 nitrogen and oxygen atoms in total. The average Bonchev–Trinajstić information content (AvgIpc) is 2.69. The van der Waals surface area contributed by atoms with Crippen LogP contribution in [0.5, 0.6) is 0 Å². The largest absolute Gasteiger partial charge is 0.376 e. The maximum Gasteiger partial charge on any atom is 0.253 e. The third kappa shape index (κ3) is 5.90. The molecule has 0 saturated carbocycles. The van der Waals surface area contributed by atoms with Gasteiger partial charge in [0.2, 0.25) is 10.0 Å². The van der Waals surface area contributed by atoms with Crippen LogP contribution in [0.3, 0.4) is 0 Å². The Hall–Kier alpha value is -1.19. The van der Waals surface area contributed by atoms with E-state index in [1.54, 1.807) is 20.8 Å². The predicted molar refractivity (Wildman–Crippen MR) is 109 cm³/mol. The van der Waals surface area contributed by atoms with Crippen molar-refractivity contribution in [3.63, 3.8) is 0 Å². The molecule has 1 aliphatic heterocycles. The second-order valence-electron chi connectivity index (χ2n) is 6.68. The van der Waals surface area contributed by atoms with Gasteiger partial charge in [-0.2, -0.15) is 4.31 Å². The van der Waals surface area contributed by atoms with Gasteiger partial charge in [-0.05, 0) is 44.4 Å². The van der Waals surface area contributed by atoms with E-state index in [-0.39, 0.29) is 21.7 Å². The first-order chi connectivity index (χ1) is 13.3. The summed E-state index contributed by atoms with van der Waals surface area (Å²) >= 11 is 6.16. The van der Waals surface area contributed by atoms with Gasteiger partial charge in [0.15, 0.2) is 0 Å². The lowest BCUT2D eigenvalue weighted by Crippen LogP contribution is -2.33. The molecule has 1 aromatic rings. The van der Waals surface area contributed by atoms with Gasteiger partial charge in [-0.15, -0.1) is 0 Å². The molecule has 0 bridgehead atoms. The fraction of sp³-hybridized carbons (Fsp3) is 0.632. The Morgan fingerprint density at radius 3 is 2.68 bits per heavy atom. The maximum atomic E-state index is 12.7. The molecular weight excluding hydrogens is 404 g/mol. The SMILES string of the molecule is CCN(CC)S(=O)(=O)c1ccc(Cl)c(NC(=O)C(C)OCC2CCCCO2)c1. The van der Waals surface area contributed by atoms with Crippen molar-refractivity contribution in [2.45, 2.75) is 57.1 Å². The van der Waals surface area contributed by atoms with Gasteiger partial charge in [0.25, 0.3) is 5.91 Å². The first-order valence-electron chi connectivity index (χ1n) is 9.63. The smallest absolute Gasteiger partial charge is 0.253 e. The highest BCUT2D eigenvalue weighted by Gasteiger charge is 2.24. The van der Waals surface area contributed by atoms with Crippen LogP contribution in [-0.4, -0.2) is 57.1 Å². The van der Waals surface area contributed by atoms with Crippen molar-refractivity contribution >= 4 is 33.2 Å². The van der Waals surface area contributed by atoms with Crippen molar-refractivity contribution in [2.24, 2.45) is 0 Å². The number of carbonyl (C=O) groups is 1. The molecule has 2 rings (SSSR count). The summed E-state index contributed by atoms with van der Waals surface area (Å²) < 4.78 is 37.9. The van der Waals surface area contributed by atoms with Crippen molar-refractivity contribution in [1.82, 2.24) is 4.31 Å². The number of halogens is 1. The standard InChI is InChI=1S/C19H29ClN2O5S/c1-4-22(5-2)28(24,25)16-9-10-17(20)18(12-16)21-19(23)14(3)27-13-15-8-6-7-11-26-15/h9-10,12,14-15H,4-8,11,13H2,1-3H3,(H,21,23). The molecule has 0 radical (unpaired) electrons. The molecule has 0 aromatic heterocycles. The van der Waals surface area contributed by atoms with Crippen molar-refractivity contribution in [3.8, 4) is 0 Å². The lowest BCUT2D eigenvalue weighted by molar-refractivity contribution is -0.130. The summed E-state index contributed by atoms with van der Waals surface area (Å²) in [6.45, 7) is 6.97. The van der Waals surface area contributed by atoms with Gasteiger partial charge < -0.3 is 14.8 Å². The molecule has 1 amide bonds. The fourth-order valence-corrected chi connectivity index (χ4v) is 4.62. The number of anilines is 1. The van der Waals surface area contributed by atoms with Crippen molar-refractivity contribution < 1.29 is 22.7 Å². The number of nitrogens with one attached hydrogen (secondary N) is 1. The van der Waals surface area contributed by atoms with Gasteiger partial charge in [0.1, 0.15) is 6.10 Å². The predicted octanol–water partition coefficient (Wildman–Crippen LogP) is 3.28. The lowest BCUT2D eigenvalue weighted by atomic mass is 10.1. The van der Waals surface area contributed by atoms with Crippen LogP contribution in [0.4, 0.5) is 5.69 Å². The van der Waals surface area contributed by atoms with Gasteiger partial charge in [0.05, 0.1) is 28.3 Å². The number of hydrogen-bond acceptors (Lipinski definition) is 5. The monoisotopic (exact) mass is 432 g/mol. The molecule has 0 spiro atoms. The Bertz CT molecular complexity index is 762. The van der Waals surface area contributed by atoms with E-state index >= 15 is 0 Å². The Labute approximate surface area is 172 Å². The number of amides is 1. The van der Waals surface area contributed by atoms with Gasteiger partial charge in [0, 0.05) is 19.7 Å². The van der Waals surface area contributed by atoms with E-state index in [1.807, 2.05) is 0 Å². The number of carbonyl (C=O) groups excluding carboxylic acids is 1. The van der Waals surface area contributed by atoms with E-state index in [4.69, 9.17) is 21.1 Å². The number of hydrogen-bond donors (Lipinski definition) is 1. The van der Waals surface area contributed by atoms with Crippen LogP contribution in [0.15, 0.2) is 23.1 Å². The van der Waals surface area contributed by atoms with Crippen LogP contribution < -0.4 is 5.32 Å². The van der Waals surface area contributed by atoms with E-state index < -0.39 is 22.0 Å². The average molecular weight is 433 g/mol. The topological polar surface area (TPSA) is 84.9 Å². The van der Waals surface area contributed by atoms with Crippen LogP contribution >= 0.6 is 11.6 Å². The zero-order valence-electron chi connectivity index (χ0n) is 16.6. The number of benzene rings is 1. The molecule has 28 heavy (non-hydrogen) atoms. The van der Waals surface area contributed by atoms with Crippen LogP contribution in [0.2, 0.25) is 5.02 Å². The number of ether oxygens (including phenoxy) is 2. The molecule has 158 valence electrons. The summed E-state index contributed by atoms with van der Waals surface area (Å²) in [6.07, 6.45) is 2.36. The van der Waals surface area contributed by atoms with Crippen LogP contribution in [-0.2, 0) is 24.3 Å². The molecule has 1 fully saturated rings. The van der Waals surface area contributed by atoms with Crippen molar-refractivity contribution in [3.05, 3.63) is 23.2 Å². The van der Waals surface area contributed by atoms with Gasteiger partial charge in [-0.25, -0.2) is 8.42 Å². The van der Waals surface area contributed by atoms with E-state index in [0.717, 1.165) is 25.9 Å².